The van der Waals surface area contributed by atoms with E-state index in [0.29, 0.717) is 11.7 Å². The van der Waals surface area contributed by atoms with E-state index in [-0.39, 0.29) is 18.4 Å². The second-order valence-corrected chi connectivity index (χ2v) is 9.71. The van der Waals surface area contributed by atoms with Crippen LogP contribution in [0.3, 0.4) is 0 Å². The van der Waals surface area contributed by atoms with E-state index < -0.39 is 5.25 Å². The van der Waals surface area contributed by atoms with E-state index >= 15 is 0 Å². The zero-order valence-electron chi connectivity index (χ0n) is 18.0. The molecular formula is C24H22N6O2S. The van der Waals surface area contributed by atoms with E-state index in [0.717, 1.165) is 46.0 Å². The van der Waals surface area contributed by atoms with Crippen molar-refractivity contribution < 1.29 is 9.59 Å². The first-order valence-corrected chi connectivity index (χ1v) is 11.9. The quantitative estimate of drug-likeness (QED) is 0.437. The van der Waals surface area contributed by atoms with Gasteiger partial charge in [-0.1, -0.05) is 42.1 Å². The average Bonchev–Trinajstić information content (AvgIpc) is 3.45. The van der Waals surface area contributed by atoms with E-state index in [1.165, 1.54) is 11.8 Å². The summed E-state index contributed by atoms with van der Waals surface area (Å²) in [5.41, 5.74) is 3.44. The smallest absolute Gasteiger partial charge is 0.244 e. The van der Waals surface area contributed by atoms with Crippen molar-refractivity contribution in [2.75, 3.05) is 16.8 Å². The Balaban J connectivity index is 1.31. The molecule has 0 bridgehead atoms. The number of para-hydroxylation sites is 3. The maximum Gasteiger partial charge on any atom is 0.244 e. The van der Waals surface area contributed by atoms with Crippen molar-refractivity contribution >= 4 is 45.9 Å². The Labute approximate surface area is 194 Å². The molecule has 1 saturated carbocycles. The average molecular weight is 459 g/mol. The Morgan fingerprint density at radius 1 is 1.12 bits per heavy atom. The highest BCUT2D eigenvalue weighted by molar-refractivity contribution is 8.00. The number of H-pyrrole nitrogens is 1. The number of benzene rings is 2. The number of anilines is 2. The number of aromatic nitrogens is 4. The van der Waals surface area contributed by atoms with Gasteiger partial charge in [-0.3, -0.25) is 19.1 Å². The van der Waals surface area contributed by atoms with Crippen LogP contribution in [0.1, 0.15) is 25.8 Å². The van der Waals surface area contributed by atoms with Gasteiger partial charge >= 0.3 is 0 Å². The van der Waals surface area contributed by atoms with Gasteiger partial charge in [0.15, 0.2) is 11.0 Å². The van der Waals surface area contributed by atoms with Gasteiger partial charge < -0.3 is 10.3 Å². The lowest BCUT2D eigenvalue weighted by atomic mass is 10.1. The molecule has 0 spiro atoms. The van der Waals surface area contributed by atoms with Gasteiger partial charge in [-0.05, 0) is 38.0 Å². The molecule has 0 radical (unpaired) electrons. The van der Waals surface area contributed by atoms with Crippen LogP contribution in [0.5, 0.6) is 0 Å². The van der Waals surface area contributed by atoms with E-state index in [1.54, 1.807) is 4.90 Å². The Kier molecular flexibility index (Phi) is 4.72. The minimum atomic E-state index is -0.429. The Morgan fingerprint density at radius 3 is 2.76 bits per heavy atom. The monoisotopic (exact) mass is 458 g/mol. The number of nitrogens with one attached hydrogen (secondary N) is 2. The number of rotatable bonds is 5. The second kappa shape index (κ2) is 7.77. The molecule has 2 aromatic carbocycles. The molecule has 4 aromatic rings. The summed E-state index contributed by atoms with van der Waals surface area (Å²) in [5.74, 6) is 0.503. The summed E-state index contributed by atoms with van der Waals surface area (Å²) >= 11 is 1.40. The molecule has 1 fully saturated rings. The zero-order chi connectivity index (χ0) is 22.5. The fraction of sp³-hybridized carbons (Fsp3) is 0.250. The molecule has 1 aliphatic heterocycles. The highest BCUT2D eigenvalue weighted by atomic mass is 32.2. The maximum absolute atomic E-state index is 13.4. The lowest BCUT2D eigenvalue weighted by Crippen LogP contribution is -2.45. The summed E-state index contributed by atoms with van der Waals surface area (Å²) in [6, 6.07) is 15.8. The van der Waals surface area contributed by atoms with Gasteiger partial charge in [-0.2, -0.15) is 0 Å². The van der Waals surface area contributed by atoms with Crippen LogP contribution in [0.4, 0.5) is 11.4 Å². The molecule has 9 heteroatoms. The fourth-order valence-electron chi connectivity index (χ4n) is 4.32. The minimum absolute atomic E-state index is 0.0106. The molecule has 0 saturated heterocycles. The van der Waals surface area contributed by atoms with Crippen molar-refractivity contribution in [2.45, 2.75) is 36.2 Å². The topological polar surface area (TPSA) is 95.9 Å². The molecule has 6 rings (SSSR count). The third-order valence-corrected chi connectivity index (χ3v) is 7.12. The predicted molar refractivity (Wildman–Crippen MR) is 128 cm³/mol. The SMILES string of the molecule is C[C@H](Sc1nnc(-c2c[nH]c3ccccc23)n1C1CC1)C(=O)N1CC(=O)Nc2ccccc21. The van der Waals surface area contributed by atoms with Crippen LogP contribution in [0, 0.1) is 0 Å². The van der Waals surface area contributed by atoms with E-state index in [4.69, 9.17) is 0 Å². The third-order valence-electron chi connectivity index (χ3n) is 6.07. The number of fused-ring (bicyclic) bond motifs is 2. The number of aromatic amines is 1. The van der Waals surface area contributed by atoms with Gasteiger partial charge in [-0.25, -0.2) is 0 Å². The zero-order valence-corrected chi connectivity index (χ0v) is 18.8. The summed E-state index contributed by atoms with van der Waals surface area (Å²) in [5, 5.41) is 13.2. The maximum atomic E-state index is 13.4. The number of hydrogen-bond donors (Lipinski definition) is 2. The number of amides is 2. The Hall–Kier alpha value is -3.59. The van der Waals surface area contributed by atoms with Crippen LogP contribution >= 0.6 is 11.8 Å². The van der Waals surface area contributed by atoms with E-state index in [1.807, 2.05) is 55.6 Å². The molecule has 2 amide bonds. The number of carbonyl (C=O) groups is 2. The van der Waals surface area contributed by atoms with Crippen LogP contribution < -0.4 is 10.2 Å². The molecule has 33 heavy (non-hydrogen) atoms. The van der Waals surface area contributed by atoms with Gasteiger partial charge in [-0.15, -0.1) is 10.2 Å². The lowest BCUT2D eigenvalue weighted by Gasteiger charge is -2.30. The number of carbonyl (C=O) groups excluding carboxylic acids is 2. The molecule has 1 aliphatic carbocycles. The summed E-state index contributed by atoms with van der Waals surface area (Å²) in [4.78, 5) is 30.4. The third kappa shape index (κ3) is 3.48. The second-order valence-electron chi connectivity index (χ2n) is 8.41. The van der Waals surface area contributed by atoms with Gasteiger partial charge in [0.1, 0.15) is 6.54 Å². The van der Waals surface area contributed by atoms with E-state index in [9.17, 15) is 9.59 Å². The summed E-state index contributed by atoms with van der Waals surface area (Å²) in [6.45, 7) is 1.87. The molecule has 0 unspecified atom stereocenters. The number of thioether (sulfide) groups is 1. The van der Waals surface area contributed by atoms with Crippen molar-refractivity contribution in [3.05, 3.63) is 54.7 Å². The van der Waals surface area contributed by atoms with Crippen molar-refractivity contribution in [1.29, 1.82) is 0 Å². The first-order valence-electron chi connectivity index (χ1n) is 11.0. The van der Waals surface area contributed by atoms with Crippen molar-refractivity contribution in [1.82, 2.24) is 19.7 Å². The van der Waals surface area contributed by atoms with Gasteiger partial charge in [0.2, 0.25) is 11.8 Å². The summed E-state index contributed by atoms with van der Waals surface area (Å²) < 4.78 is 2.17. The van der Waals surface area contributed by atoms with Gasteiger partial charge in [0.25, 0.3) is 0 Å². The normalized spacial score (nSPS) is 16.5. The van der Waals surface area contributed by atoms with Crippen LogP contribution in [-0.2, 0) is 9.59 Å². The molecule has 166 valence electrons. The Morgan fingerprint density at radius 2 is 1.91 bits per heavy atom. The first kappa shape index (κ1) is 20.0. The highest BCUT2D eigenvalue weighted by Gasteiger charge is 2.34. The Bertz CT molecular complexity index is 1390. The molecule has 2 aromatic heterocycles. The van der Waals surface area contributed by atoms with Gasteiger partial charge in [0.05, 0.1) is 16.6 Å². The highest BCUT2D eigenvalue weighted by Crippen LogP contribution is 2.43. The fourth-order valence-corrected chi connectivity index (χ4v) is 5.30. The van der Waals surface area contributed by atoms with Crippen LogP contribution in [0.15, 0.2) is 59.9 Å². The van der Waals surface area contributed by atoms with Crippen molar-refractivity contribution in [3.63, 3.8) is 0 Å². The van der Waals surface area contributed by atoms with E-state index in [2.05, 4.69) is 31.1 Å². The molecule has 1 atom stereocenters. The molecule has 2 N–H and O–H groups in total. The number of hydrogen-bond acceptors (Lipinski definition) is 5. The molecule has 3 heterocycles. The van der Waals surface area contributed by atoms with Crippen LogP contribution in [-0.4, -0.2) is 43.4 Å². The van der Waals surface area contributed by atoms with Gasteiger partial charge in [0, 0.05) is 28.7 Å². The summed E-state index contributed by atoms with van der Waals surface area (Å²) in [7, 11) is 0. The molecule has 2 aliphatic rings. The van der Waals surface area contributed by atoms with Crippen molar-refractivity contribution in [3.8, 4) is 11.4 Å². The lowest BCUT2D eigenvalue weighted by molar-refractivity contribution is -0.121. The molecular weight excluding hydrogens is 436 g/mol. The number of nitrogens with zero attached hydrogens (tertiary/aromatic N) is 4. The molecule has 8 nitrogen and oxygen atoms in total. The standard InChI is InChI=1S/C24H22N6O2S/c1-14(23(32)29-13-21(31)26-19-8-4-5-9-20(19)29)33-24-28-27-22(30(24)15-10-11-15)17-12-25-18-7-3-2-6-16(17)18/h2-9,12,14-15,25H,10-11,13H2,1H3,(H,26,31)/t14-/m0/s1. The minimum Gasteiger partial charge on any atom is -0.360 e. The van der Waals surface area contributed by atoms with Crippen molar-refractivity contribution in [2.24, 2.45) is 0 Å². The largest absolute Gasteiger partial charge is 0.360 e. The predicted octanol–water partition coefficient (Wildman–Crippen LogP) is 4.23. The first-order chi connectivity index (χ1) is 16.1. The summed E-state index contributed by atoms with van der Waals surface area (Å²) in [6.07, 6.45) is 4.12. The van der Waals surface area contributed by atoms with Crippen LogP contribution in [0.25, 0.3) is 22.3 Å². The van der Waals surface area contributed by atoms with Crippen LogP contribution in [0.2, 0.25) is 0 Å².